The monoisotopic (exact) mass is 357 g/mol. The van der Waals surface area contributed by atoms with E-state index in [0.717, 1.165) is 0 Å². The van der Waals surface area contributed by atoms with Gasteiger partial charge in [-0.05, 0) is 37.6 Å². The summed E-state index contributed by atoms with van der Waals surface area (Å²) in [6.45, 7) is 3.99. The minimum Gasteiger partial charge on any atom is -0.384 e. The van der Waals surface area contributed by atoms with E-state index < -0.39 is 11.5 Å². The molecule has 0 aliphatic heterocycles. The molecule has 0 spiro atoms. The lowest BCUT2D eigenvalue weighted by Crippen LogP contribution is -2.50. The molecule has 2 unspecified atom stereocenters. The van der Waals surface area contributed by atoms with Crippen LogP contribution in [0.25, 0.3) is 0 Å². The minimum atomic E-state index is -0.783. The summed E-state index contributed by atoms with van der Waals surface area (Å²) < 4.78 is 10.3. The van der Waals surface area contributed by atoms with Crippen molar-refractivity contribution in [3.8, 4) is 11.8 Å². The number of amides is 1. The molecule has 1 aromatic rings. The van der Waals surface area contributed by atoms with E-state index in [2.05, 4.69) is 17.2 Å². The largest absolute Gasteiger partial charge is 0.384 e. The second kappa shape index (κ2) is 9.14. The number of hydrogen-bond donors (Lipinski definition) is 1. The lowest BCUT2D eigenvalue weighted by molar-refractivity contribution is -0.125. The SMILES string of the molecule is CC#CC(C)(COC)NC(=O)C(COC)c1cc(Cl)cc(Cl)c1. The third-order valence-corrected chi connectivity index (χ3v) is 3.61. The minimum absolute atomic E-state index is 0.200. The van der Waals surface area contributed by atoms with Crippen molar-refractivity contribution >= 4 is 29.1 Å². The first-order chi connectivity index (χ1) is 10.8. The molecule has 0 aromatic heterocycles. The molecule has 0 aliphatic carbocycles. The molecule has 0 radical (unpaired) electrons. The van der Waals surface area contributed by atoms with Crippen molar-refractivity contribution in [2.45, 2.75) is 25.3 Å². The number of rotatable bonds is 7. The summed E-state index contributed by atoms with van der Waals surface area (Å²) in [5.74, 6) is 4.99. The highest BCUT2D eigenvalue weighted by Crippen LogP contribution is 2.26. The molecule has 4 nitrogen and oxygen atoms in total. The second-order valence-corrected chi connectivity index (χ2v) is 6.21. The van der Waals surface area contributed by atoms with Gasteiger partial charge in [0, 0.05) is 24.3 Å². The van der Waals surface area contributed by atoms with Gasteiger partial charge in [-0.1, -0.05) is 29.1 Å². The Kier molecular flexibility index (Phi) is 7.87. The molecule has 6 heteroatoms. The van der Waals surface area contributed by atoms with Gasteiger partial charge in [0.2, 0.25) is 5.91 Å². The molecule has 0 saturated heterocycles. The van der Waals surface area contributed by atoms with Crippen molar-refractivity contribution in [2.24, 2.45) is 0 Å². The van der Waals surface area contributed by atoms with Crippen LogP contribution in [0.4, 0.5) is 0 Å². The van der Waals surface area contributed by atoms with Gasteiger partial charge >= 0.3 is 0 Å². The lowest BCUT2D eigenvalue weighted by Gasteiger charge is -2.27. The smallest absolute Gasteiger partial charge is 0.231 e. The molecule has 0 bridgehead atoms. The molecule has 23 heavy (non-hydrogen) atoms. The maximum absolute atomic E-state index is 12.7. The van der Waals surface area contributed by atoms with Crippen molar-refractivity contribution < 1.29 is 14.3 Å². The Balaban J connectivity index is 3.08. The van der Waals surface area contributed by atoms with Crippen LogP contribution in [0.3, 0.4) is 0 Å². The summed E-state index contributed by atoms with van der Waals surface area (Å²) in [4.78, 5) is 12.7. The summed E-state index contributed by atoms with van der Waals surface area (Å²) in [6, 6.07) is 5.03. The van der Waals surface area contributed by atoms with Crippen LogP contribution in [-0.4, -0.2) is 38.9 Å². The fourth-order valence-electron chi connectivity index (χ4n) is 2.29. The highest BCUT2D eigenvalue weighted by atomic mass is 35.5. The first-order valence-corrected chi connectivity index (χ1v) is 7.80. The number of carbonyl (C=O) groups is 1. The molecule has 126 valence electrons. The van der Waals surface area contributed by atoms with Crippen LogP contribution in [-0.2, 0) is 14.3 Å². The van der Waals surface area contributed by atoms with E-state index in [0.29, 0.717) is 15.6 Å². The number of carbonyl (C=O) groups excluding carboxylic acids is 1. The van der Waals surface area contributed by atoms with Gasteiger partial charge in [-0.15, -0.1) is 5.92 Å². The van der Waals surface area contributed by atoms with Gasteiger partial charge in [-0.25, -0.2) is 0 Å². The average Bonchev–Trinajstić information content (AvgIpc) is 2.43. The summed E-state index contributed by atoms with van der Waals surface area (Å²) in [6.07, 6.45) is 0. The first-order valence-electron chi connectivity index (χ1n) is 7.05. The molecule has 1 aromatic carbocycles. The van der Waals surface area contributed by atoms with Gasteiger partial charge in [0.1, 0.15) is 5.54 Å². The number of hydrogen-bond acceptors (Lipinski definition) is 3. The van der Waals surface area contributed by atoms with E-state index in [1.54, 1.807) is 39.2 Å². The molecule has 0 aliphatic rings. The standard InChI is InChI=1S/C17H21Cl2NO3/c1-5-6-17(2,11-23-4)20-16(21)15(10-22-3)12-7-13(18)9-14(19)8-12/h7-9,15H,10-11H2,1-4H3,(H,20,21). The van der Waals surface area contributed by atoms with Crippen LogP contribution >= 0.6 is 23.2 Å². The number of benzene rings is 1. The van der Waals surface area contributed by atoms with E-state index in [-0.39, 0.29) is 19.1 Å². The molecule has 1 amide bonds. The van der Waals surface area contributed by atoms with Gasteiger partial charge in [-0.3, -0.25) is 4.79 Å². The van der Waals surface area contributed by atoms with E-state index in [4.69, 9.17) is 32.7 Å². The van der Waals surface area contributed by atoms with E-state index >= 15 is 0 Å². The predicted octanol–water partition coefficient (Wildman–Crippen LogP) is 3.27. The molecule has 0 saturated carbocycles. The quantitative estimate of drug-likeness (QED) is 0.761. The van der Waals surface area contributed by atoms with Gasteiger partial charge in [-0.2, -0.15) is 0 Å². The Labute approximate surface area is 147 Å². The first kappa shape index (κ1) is 19.8. The highest BCUT2D eigenvalue weighted by molar-refractivity contribution is 6.34. The molecule has 0 fully saturated rings. The third-order valence-electron chi connectivity index (χ3n) is 3.17. The maximum Gasteiger partial charge on any atom is 0.231 e. The van der Waals surface area contributed by atoms with Crippen molar-refractivity contribution in [3.05, 3.63) is 33.8 Å². The van der Waals surface area contributed by atoms with Crippen molar-refractivity contribution in [1.82, 2.24) is 5.32 Å². The Morgan fingerprint density at radius 3 is 2.35 bits per heavy atom. The summed E-state index contributed by atoms with van der Waals surface area (Å²) >= 11 is 12.1. The van der Waals surface area contributed by atoms with Crippen LogP contribution in [0.15, 0.2) is 18.2 Å². The van der Waals surface area contributed by atoms with Gasteiger partial charge in [0.05, 0.1) is 19.1 Å². The second-order valence-electron chi connectivity index (χ2n) is 5.34. The molecule has 0 heterocycles. The zero-order valence-corrected chi connectivity index (χ0v) is 15.2. The summed E-state index contributed by atoms with van der Waals surface area (Å²) in [7, 11) is 3.09. The predicted molar refractivity (Wildman–Crippen MR) is 93.0 cm³/mol. The summed E-state index contributed by atoms with van der Waals surface area (Å²) in [5, 5.41) is 3.85. The summed E-state index contributed by atoms with van der Waals surface area (Å²) in [5.41, 5.74) is -0.0966. The number of methoxy groups -OCH3 is 2. The number of halogens is 2. The van der Waals surface area contributed by atoms with Crippen LogP contribution in [0.2, 0.25) is 10.0 Å². The molecular weight excluding hydrogens is 337 g/mol. The van der Waals surface area contributed by atoms with E-state index in [9.17, 15) is 4.79 Å². The lowest BCUT2D eigenvalue weighted by atomic mass is 9.96. The average molecular weight is 358 g/mol. The topological polar surface area (TPSA) is 47.6 Å². The fraction of sp³-hybridized carbons (Fsp3) is 0.471. The van der Waals surface area contributed by atoms with Gasteiger partial charge in [0.25, 0.3) is 0 Å². The van der Waals surface area contributed by atoms with Crippen LogP contribution in [0, 0.1) is 11.8 Å². The van der Waals surface area contributed by atoms with Crippen molar-refractivity contribution in [1.29, 1.82) is 0 Å². The highest BCUT2D eigenvalue weighted by Gasteiger charge is 2.29. The molecular formula is C17H21Cl2NO3. The van der Waals surface area contributed by atoms with Gasteiger partial charge in [0.15, 0.2) is 0 Å². The maximum atomic E-state index is 12.7. The number of nitrogens with one attached hydrogen (secondary N) is 1. The Morgan fingerprint density at radius 2 is 1.87 bits per heavy atom. The van der Waals surface area contributed by atoms with Gasteiger partial charge < -0.3 is 14.8 Å². The third kappa shape index (κ3) is 6.04. The van der Waals surface area contributed by atoms with Crippen LogP contribution in [0.1, 0.15) is 25.3 Å². The van der Waals surface area contributed by atoms with E-state index in [1.165, 1.54) is 7.11 Å². The molecule has 2 atom stereocenters. The Bertz CT molecular complexity index is 589. The Morgan fingerprint density at radius 1 is 1.26 bits per heavy atom. The zero-order valence-electron chi connectivity index (χ0n) is 13.7. The normalized spacial score (nSPS) is 14.3. The fourth-order valence-corrected chi connectivity index (χ4v) is 2.84. The van der Waals surface area contributed by atoms with E-state index in [1.807, 2.05) is 0 Å². The number of ether oxygens (including phenoxy) is 2. The molecule has 1 N–H and O–H groups in total. The van der Waals surface area contributed by atoms with Crippen molar-refractivity contribution in [3.63, 3.8) is 0 Å². The zero-order chi connectivity index (χ0) is 17.5. The molecule has 1 rings (SSSR count). The van der Waals surface area contributed by atoms with Crippen molar-refractivity contribution in [2.75, 3.05) is 27.4 Å². The Hall–Kier alpha value is -1.25. The van der Waals surface area contributed by atoms with Crippen LogP contribution in [0.5, 0.6) is 0 Å². The van der Waals surface area contributed by atoms with Crippen LogP contribution < -0.4 is 5.32 Å².